The summed E-state index contributed by atoms with van der Waals surface area (Å²) in [5.41, 5.74) is 7.12. The van der Waals surface area contributed by atoms with Gasteiger partial charge in [-0.15, -0.1) is 0 Å². The van der Waals surface area contributed by atoms with Crippen molar-refractivity contribution in [3.8, 4) is 0 Å². The molecule has 4 rings (SSSR count). The van der Waals surface area contributed by atoms with Crippen LogP contribution in [0.15, 0.2) is 22.3 Å². The van der Waals surface area contributed by atoms with Crippen molar-refractivity contribution in [2.45, 2.75) is 132 Å². The molecule has 172 valence electrons. The molecule has 0 aromatic carbocycles. The average molecular weight is 417 g/mol. The van der Waals surface area contributed by atoms with Crippen LogP contribution in [-0.2, 0) is 0 Å². The number of allylic oxidation sites excluding steroid dienone is 2. The first-order chi connectivity index (χ1) is 13.8. The topological polar surface area (TPSA) is 40.5 Å². The molecule has 0 saturated carbocycles. The van der Waals surface area contributed by atoms with E-state index in [4.69, 9.17) is 0 Å². The van der Waals surface area contributed by atoms with Gasteiger partial charge in [0.2, 0.25) is 0 Å². The van der Waals surface area contributed by atoms with E-state index in [-0.39, 0.29) is 23.0 Å². The van der Waals surface area contributed by atoms with Crippen LogP contribution in [-0.4, -0.2) is 22.4 Å². The van der Waals surface area contributed by atoms with Crippen molar-refractivity contribution in [2.75, 3.05) is 0 Å². The first kappa shape index (κ1) is 24.1. The van der Waals surface area contributed by atoms with Gasteiger partial charge in [0.1, 0.15) is 0 Å². The summed E-state index contributed by atoms with van der Waals surface area (Å²) in [6.45, 7) is 18.6. The maximum atomic E-state index is 10.2. The van der Waals surface area contributed by atoms with Gasteiger partial charge in [0.05, 0.1) is 12.2 Å². The fourth-order valence-electron chi connectivity index (χ4n) is 7.87. The smallest absolute Gasteiger partial charge is 0.0758 e. The molecule has 0 fully saturated rings. The van der Waals surface area contributed by atoms with E-state index < -0.39 is 0 Å². The molecule has 4 atom stereocenters. The Balaban J connectivity index is 0.000000171. The molecule has 0 aliphatic heterocycles. The predicted molar refractivity (Wildman–Crippen MR) is 127 cm³/mol. The second-order valence-electron chi connectivity index (χ2n) is 12.6. The Bertz CT molecular complexity index is 725. The summed E-state index contributed by atoms with van der Waals surface area (Å²) >= 11 is 0. The molecule has 0 bridgehead atoms. The minimum Gasteiger partial charge on any atom is -0.389 e. The summed E-state index contributed by atoms with van der Waals surface area (Å²) in [5.74, 6) is 0. The van der Waals surface area contributed by atoms with Gasteiger partial charge in [-0.3, -0.25) is 0 Å². The molecular weight excluding hydrogens is 368 g/mol. The van der Waals surface area contributed by atoms with Crippen molar-refractivity contribution in [1.29, 1.82) is 0 Å². The molecule has 2 N–H and O–H groups in total. The van der Waals surface area contributed by atoms with Crippen LogP contribution < -0.4 is 0 Å². The SMILES string of the molecule is CCC1(C)CC(C)(C)C2=C1C(O)CCC2.CCC1(C)CC(C)(C)C2=C1CCCC2O. The summed E-state index contributed by atoms with van der Waals surface area (Å²) in [7, 11) is 0. The second kappa shape index (κ2) is 8.07. The van der Waals surface area contributed by atoms with E-state index in [1.165, 1.54) is 56.1 Å². The molecule has 0 spiro atoms. The van der Waals surface area contributed by atoms with Gasteiger partial charge in [0.25, 0.3) is 0 Å². The van der Waals surface area contributed by atoms with E-state index >= 15 is 0 Å². The van der Waals surface area contributed by atoms with E-state index in [0.29, 0.717) is 10.8 Å². The lowest BCUT2D eigenvalue weighted by Gasteiger charge is -2.32. The summed E-state index contributed by atoms with van der Waals surface area (Å²) in [4.78, 5) is 0. The monoisotopic (exact) mass is 416 g/mol. The van der Waals surface area contributed by atoms with Crippen molar-refractivity contribution in [3.63, 3.8) is 0 Å². The maximum absolute atomic E-state index is 10.2. The number of aliphatic hydroxyl groups is 2. The second-order valence-corrected chi connectivity index (χ2v) is 12.6. The molecule has 4 aliphatic rings. The van der Waals surface area contributed by atoms with E-state index in [2.05, 4.69) is 55.4 Å². The van der Waals surface area contributed by atoms with Gasteiger partial charge in [0.15, 0.2) is 0 Å². The quantitative estimate of drug-likeness (QED) is 0.462. The minimum absolute atomic E-state index is 0.152. The standard InChI is InChI=1S/2C14H24O/c1-5-14(4)9-13(2,3)12-10(14)7-6-8-11(12)15;1-5-14(4)9-13(2,3)10-7-6-8-11(15)12(10)14/h2*11,15H,5-9H2,1-4H3. The molecule has 0 saturated heterocycles. The van der Waals surface area contributed by atoms with Crippen LogP contribution in [0.1, 0.15) is 120 Å². The highest BCUT2D eigenvalue weighted by molar-refractivity contribution is 5.38. The predicted octanol–water partition coefficient (Wildman–Crippen LogP) is 7.35. The van der Waals surface area contributed by atoms with E-state index in [0.717, 1.165) is 19.3 Å². The normalized spacial score (nSPS) is 39.4. The third-order valence-electron chi connectivity index (χ3n) is 9.28. The Morgan fingerprint density at radius 2 is 1.13 bits per heavy atom. The molecule has 0 aromatic heterocycles. The van der Waals surface area contributed by atoms with Gasteiger partial charge in [-0.05, 0) is 97.0 Å². The Morgan fingerprint density at radius 3 is 1.67 bits per heavy atom. The highest BCUT2D eigenvalue weighted by atomic mass is 16.3. The molecule has 0 aromatic rings. The van der Waals surface area contributed by atoms with Gasteiger partial charge in [-0.1, -0.05) is 66.5 Å². The van der Waals surface area contributed by atoms with Crippen molar-refractivity contribution >= 4 is 0 Å². The molecular formula is C28H48O2. The molecule has 4 aliphatic carbocycles. The Kier molecular flexibility index (Phi) is 6.47. The molecule has 30 heavy (non-hydrogen) atoms. The van der Waals surface area contributed by atoms with Crippen LogP contribution in [0.4, 0.5) is 0 Å². The third kappa shape index (κ3) is 3.96. The van der Waals surface area contributed by atoms with Gasteiger partial charge in [-0.2, -0.15) is 0 Å². The van der Waals surface area contributed by atoms with Crippen molar-refractivity contribution in [1.82, 2.24) is 0 Å². The zero-order valence-electron chi connectivity index (χ0n) is 21.1. The van der Waals surface area contributed by atoms with Crippen molar-refractivity contribution in [3.05, 3.63) is 22.3 Å². The third-order valence-corrected chi connectivity index (χ3v) is 9.28. The highest BCUT2D eigenvalue weighted by Crippen LogP contribution is 2.59. The highest BCUT2D eigenvalue weighted by Gasteiger charge is 2.49. The summed E-state index contributed by atoms with van der Waals surface area (Å²) in [6.07, 6.45) is 11.2. The fraction of sp³-hybridized carbons (Fsp3) is 0.857. The van der Waals surface area contributed by atoms with Gasteiger partial charge < -0.3 is 10.2 Å². The first-order valence-electron chi connectivity index (χ1n) is 12.7. The lowest BCUT2D eigenvalue weighted by molar-refractivity contribution is 0.158. The first-order valence-corrected chi connectivity index (χ1v) is 12.7. The van der Waals surface area contributed by atoms with Crippen LogP contribution in [0.3, 0.4) is 0 Å². The average Bonchev–Trinajstić information content (AvgIpc) is 3.02. The van der Waals surface area contributed by atoms with Crippen molar-refractivity contribution < 1.29 is 10.2 Å². The molecule has 4 unspecified atom stereocenters. The molecule has 0 heterocycles. The van der Waals surface area contributed by atoms with Gasteiger partial charge in [-0.25, -0.2) is 0 Å². The van der Waals surface area contributed by atoms with Crippen LogP contribution >= 0.6 is 0 Å². The number of rotatable bonds is 2. The summed E-state index contributed by atoms with van der Waals surface area (Å²) in [5, 5.41) is 20.4. The number of aliphatic hydroxyl groups excluding tert-OH is 2. The van der Waals surface area contributed by atoms with E-state index in [9.17, 15) is 10.2 Å². The number of hydrogen-bond donors (Lipinski definition) is 2. The van der Waals surface area contributed by atoms with Crippen LogP contribution in [0.2, 0.25) is 0 Å². The summed E-state index contributed by atoms with van der Waals surface area (Å²) in [6, 6.07) is 0. The largest absolute Gasteiger partial charge is 0.389 e. The zero-order chi connectivity index (χ0) is 22.5. The van der Waals surface area contributed by atoms with Crippen molar-refractivity contribution in [2.24, 2.45) is 21.7 Å². The van der Waals surface area contributed by atoms with Gasteiger partial charge >= 0.3 is 0 Å². The lowest BCUT2D eigenvalue weighted by Crippen LogP contribution is -2.26. The lowest BCUT2D eigenvalue weighted by atomic mass is 9.75. The van der Waals surface area contributed by atoms with E-state index in [1.807, 2.05) is 0 Å². The van der Waals surface area contributed by atoms with Crippen LogP contribution in [0, 0.1) is 21.7 Å². The minimum atomic E-state index is -0.155. The van der Waals surface area contributed by atoms with Gasteiger partial charge in [0, 0.05) is 0 Å². The molecule has 2 heteroatoms. The molecule has 0 amide bonds. The molecule has 2 nitrogen and oxygen atoms in total. The Morgan fingerprint density at radius 1 is 0.667 bits per heavy atom. The van der Waals surface area contributed by atoms with Crippen LogP contribution in [0.5, 0.6) is 0 Å². The fourth-order valence-corrected chi connectivity index (χ4v) is 7.87. The summed E-state index contributed by atoms with van der Waals surface area (Å²) < 4.78 is 0. The Labute approximate surface area is 186 Å². The zero-order valence-corrected chi connectivity index (χ0v) is 21.1. The van der Waals surface area contributed by atoms with E-state index in [1.54, 1.807) is 11.1 Å². The molecule has 0 radical (unpaired) electrons. The Hall–Kier alpha value is -0.600. The maximum Gasteiger partial charge on any atom is 0.0758 e. The van der Waals surface area contributed by atoms with Crippen LogP contribution in [0.25, 0.3) is 0 Å². The number of hydrogen-bond acceptors (Lipinski definition) is 2.